The van der Waals surface area contributed by atoms with Gasteiger partial charge in [0.1, 0.15) is 0 Å². The maximum absolute atomic E-state index is 11.3. The van der Waals surface area contributed by atoms with Crippen molar-refractivity contribution in [3.8, 4) is 0 Å². The van der Waals surface area contributed by atoms with E-state index >= 15 is 0 Å². The van der Waals surface area contributed by atoms with Crippen molar-refractivity contribution in [3.63, 3.8) is 0 Å². The molecule has 3 aromatic heterocycles. The Morgan fingerprint density at radius 3 is 2.48 bits per heavy atom. The molecule has 3 heterocycles. The Bertz CT molecular complexity index is 1250. The van der Waals surface area contributed by atoms with Crippen LogP contribution < -0.4 is 16.0 Å². The van der Waals surface area contributed by atoms with Crippen LogP contribution in [0.1, 0.15) is 45.1 Å². The Balaban J connectivity index is 1.51. The zero-order valence-electron chi connectivity index (χ0n) is 18.3. The van der Waals surface area contributed by atoms with Gasteiger partial charge in [0.15, 0.2) is 22.8 Å². The highest BCUT2D eigenvalue weighted by molar-refractivity contribution is 5.89. The monoisotopic (exact) mass is 443 g/mol. The smallest absolute Gasteiger partial charge is 0.232 e. The van der Waals surface area contributed by atoms with Gasteiger partial charge in [-0.25, -0.2) is 9.97 Å². The molecule has 0 radical (unpaired) electrons. The van der Waals surface area contributed by atoms with Gasteiger partial charge in [-0.1, -0.05) is 19.3 Å². The number of hydrogen-bond donors (Lipinski definition) is 3. The van der Waals surface area contributed by atoms with Crippen LogP contribution in [0.5, 0.6) is 0 Å². The number of hydrogen-bond acceptors (Lipinski definition) is 8. The number of amides is 1. The number of aromatic nitrogens is 6. The van der Waals surface area contributed by atoms with Crippen LogP contribution in [0.4, 0.5) is 29.0 Å². The summed E-state index contributed by atoms with van der Waals surface area (Å²) in [5, 5.41) is 9.27. The Kier molecular flexibility index (Phi) is 5.79. The molecule has 33 heavy (non-hydrogen) atoms. The van der Waals surface area contributed by atoms with E-state index in [0.717, 1.165) is 29.9 Å². The highest BCUT2D eigenvalue weighted by Crippen LogP contribution is 2.33. The van der Waals surface area contributed by atoms with E-state index in [1.54, 1.807) is 18.6 Å². The first kappa shape index (κ1) is 20.8. The van der Waals surface area contributed by atoms with Gasteiger partial charge in [0, 0.05) is 36.7 Å². The standard InChI is InChI=1S/C23H25N9O/c1-15(33)27-16-7-9-17(10-8-16)28-21-20-22(32(14-26-20)18-5-3-2-4-6-18)31-23(30-21)29-19-13-24-11-12-25-19/h7-14,18H,2-6H2,1H3,(H,27,33)(H2,25,28,29,30,31). The fourth-order valence-corrected chi connectivity index (χ4v) is 4.14. The lowest BCUT2D eigenvalue weighted by Crippen LogP contribution is -2.13. The quantitative estimate of drug-likeness (QED) is 0.396. The minimum Gasteiger partial charge on any atom is -0.338 e. The summed E-state index contributed by atoms with van der Waals surface area (Å²) >= 11 is 0. The van der Waals surface area contributed by atoms with Gasteiger partial charge < -0.3 is 20.5 Å². The van der Waals surface area contributed by atoms with Gasteiger partial charge in [-0.05, 0) is 37.1 Å². The molecule has 0 bridgehead atoms. The summed E-state index contributed by atoms with van der Waals surface area (Å²) in [6.45, 7) is 1.48. The lowest BCUT2D eigenvalue weighted by molar-refractivity contribution is -0.114. The molecule has 1 amide bonds. The molecule has 1 aromatic carbocycles. The van der Waals surface area contributed by atoms with Crippen molar-refractivity contribution in [1.29, 1.82) is 0 Å². The molecule has 1 fully saturated rings. The second kappa shape index (κ2) is 9.19. The first-order valence-electron chi connectivity index (χ1n) is 11.1. The number of rotatable bonds is 6. The molecule has 0 unspecified atom stereocenters. The summed E-state index contributed by atoms with van der Waals surface area (Å²) in [6.07, 6.45) is 12.7. The summed E-state index contributed by atoms with van der Waals surface area (Å²) in [6, 6.07) is 7.82. The van der Waals surface area contributed by atoms with E-state index in [0.29, 0.717) is 29.1 Å². The number of carbonyl (C=O) groups excluding carboxylic acids is 1. The van der Waals surface area contributed by atoms with E-state index in [1.807, 2.05) is 30.6 Å². The molecule has 10 nitrogen and oxygen atoms in total. The molecule has 0 saturated heterocycles. The predicted octanol–water partition coefficient (Wildman–Crippen LogP) is 4.57. The highest BCUT2D eigenvalue weighted by atomic mass is 16.1. The third-order valence-electron chi connectivity index (χ3n) is 5.66. The molecule has 4 aromatic rings. The molecule has 1 aliphatic carbocycles. The fraction of sp³-hybridized carbons (Fsp3) is 0.304. The first-order valence-corrected chi connectivity index (χ1v) is 11.1. The Morgan fingerprint density at radius 1 is 0.970 bits per heavy atom. The van der Waals surface area contributed by atoms with E-state index in [2.05, 4.69) is 40.5 Å². The number of benzene rings is 1. The van der Waals surface area contributed by atoms with Crippen molar-refractivity contribution >= 4 is 46.0 Å². The molecule has 1 saturated carbocycles. The maximum Gasteiger partial charge on any atom is 0.232 e. The lowest BCUT2D eigenvalue weighted by atomic mass is 9.95. The van der Waals surface area contributed by atoms with Crippen LogP contribution in [0.25, 0.3) is 11.2 Å². The van der Waals surface area contributed by atoms with Crippen LogP contribution in [0.15, 0.2) is 49.2 Å². The number of carbonyl (C=O) groups is 1. The van der Waals surface area contributed by atoms with Gasteiger partial charge in [-0.3, -0.25) is 9.78 Å². The van der Waals surface area contributed by atoms with Gasteiger partial charge in [0.2, 0.25) is 11.9 Å². The Hall–Kier alpha value is -4.08. The second-order valence-corrected chi connectivity index (χ2v) is 8.11. The molecule has 3 N–H and O–H groups in total. The van der Waals surface area contributed by atoms with E-state index in [-0.39, 0.29) is 5.91 Å². The topological polar surface area (TPSA) is 123 Å². The largest absolute Gasteiger partial charge is 0.338 e. The molecule has 168 valence electrons. The zero-order valence-corrected chi connectivity index (χ0v) is 18.3. The maximum atomic E-state index is 11.3. The lowest BCUT2D eigenvalue weighted by Gasteiger charge is -2.23. The summed E-state index contributed by atoms with van der Waals surface area (Å²) in [7, 11) is 0. The third kappa shape index (κ3) is 4.74. The van der Waals surface area contributed by atoms with E-state index < -0.39 is 0 Å². The van der Waals surface area contributed by atoms with E-state index in [4.69, 9.17) is 4.98 Å². The van der Waals surface area contributed by atoms with Crippen molar-refractivity contribution < 1.29 is 4.79 Å². The van der Waals surface area contributed by atoms with Gasteiger partial charge in [0.05, 0.1) is 12.5 Å². The molecule has 10 heteroatoms. The van der Waals surface area contributed by atoms with Crippen LogP contribution in [0.2, 0.25) is 0 Å². The molecule has 5 rings (SSSR count). The van der Waals surface area contributed by atoms with Crippen LogP contribution in [-0.4, -0.2) is 35.4 Å². The van der Waals surface area contributed by atoms with E-state index in [9.17, 15) is 4.79 Å². The van der Waals surface area contributed by atoms with Crippen molar-refractivity contribution in [2.75, 3.05) is 16.0 Å². The van der Waals surface area contributed by atoms with E-state index in [1.165, 1.54) is 26.2 Å². The number of nitrogens with zero attached hydrogens (tertiary/aromatic N) is 6. The summed E-state index contributed by atoms with van der Waals surface area (Å²) in [5.74, 6) is 1.46. The van der Waals surface area contributed by atoms with Gasteiger partial charge in [-0.2, -0.15) is 9.97 Å². The predicted molar refractivity (Wildman–Crippen MR) is 127 cm³/mol. The SMILES string of the molecule is CC(=O)Nc1ccc(Nc2nc(Nc3cnccn3)nc3c2ncn3C2CCCCC2)cc1. The molecule has 0 atom stereocenters. The number of nitrogens with one attached hydrogen (secondary N) is 3. The highest BCUT2D eigenvalue weighted by Gasteiger charge is 2.21. The average Bonchev–Trinajstić information content (AvgIpc) is 3.26. The third-order valence-corrected chi connectivity index (χ3v) is 5.66. The van der Waals surface area contributed by atoms with Crippen molar-refractivity contribution in [2.24, 2.45) is 0 Å². The van der Waals surface area contributed by atoms with Crippen molar-refractivity contribution in [2.45, 2.75) is 45.1 Å². The molecular formula is C23H25N9O. The molecule has 1 aliphatic rings. The molecular weight excluding hydrogens is 418 g/mol. The van der Waals surface area contributed by atoms with Crippen LogP contribution >= 0.6 is 0 Å². The van der Waals surface area contributed by atoms with Crippen LogP contribution in [0.3, 0.4) is 0 Å². The van der Waals surface area contributed by atoms with Gasteiger partial charge in [0.25, 0.3) is 0 Å². The summed E-state index contributed by atoms with van der Waals surface area (Å²) < 4.78 is 2.17. The van der Waals surface area contributed by atoms with Crippen LogP contribution in [0, 0.1) is 0 Å². The Labute approximate surface area is 190 Å². The molecule has 0 aliphatic heterocycles. The van der Waals surface area contributed by atoms with Crippen LogP contribution in [-0.2, 0) is 4.79 Å². The first-order chi connectivity index (χ1) is 16.2. The second-order valence-electron chi connectivity index (χ2n) is 8.11. The number of imidazole rings is 1. The van der Waals surface area contributed by atoms with Crippen molar-refractivity contribution in [3.05, 3.63) is 49.2 Å². The minimum absolute atomic E-state index is 0.110. The van der Waals surface area contributed by atoms with Gasteiger partial charge >= 0.3 is 0 Å². The minimum atomic E-state index is -0.110. The number of anilines is 5. The Morgan fingerprint density at radius 2 is 1.76 bits per heavy atom. The van der Waals surface area contributed by atoms with Gasteiger partial charge in [-0.15, -0.1) is 0 Å². The normalized spacial score (nSPS) is 14.2. The summed E-state index contributed by atoms with van der Waals surface area (Å²) in [4.78, 5) is 33.8. The zero-order chi connectivity index (χ0) is 22.6. The molecule has 0 spiro atoms. The average molecular weight is 444 g/mol. The fourth-order valence-electron chi connectivity index (χ4n) is 4.14. The number of fused-ring (bicyclic) bond motifs is 1. The van der Waals surface area contributed by atoms with Crippen molar-refractivity contribution in [1.82, 2.24) is 29.5 Å². The summed E-state index contributed by atoms with van der Waals surface area (Å²) in [5.41, 5.74) is 3.03.